The second kappa shape index (κ2) is 7.19. The molecule has 1 rings (SSSR count). The zero-order valence-electron chi connectivity index (χ0n) is 11.8. The first kappa shape index (κ1) is 17.1. The number of amides is 1. The maximum atomic E-state index is 11.9. The van der Waals surface area contributed by atoms with Crippen LogP contribution in [0.1, 0.15) is 20.3 Å². The maximum absolute atomic E-state index is 11.9. The Bertz CT molecular complexity index is 557. The van der Waals surface area contributed by atoms with Gasteiger partial charge in [-0.05, 0) is 37.6 Å². The molecule has 0 fully saturated rings. The minimum Gasteiger partial charge on any atom is -0.325 e. The van der Waals surface area contributed by atoms with E-state index in [4.69, 9.17) is 0 Å². The van der Waals surface area contributed by atoms with E-state index in [1.165, 1.54) is 4.31 Å². The highest BCUT2D eigenvalue weighted by atomic mass is 79.9. The molecule has 0 aliphatic rings. The van der Waals surface area contributed by atoms with E-state index in [9.17, 15) is 13.2 Å². The van der Waals surface area contributed by atoms with Gasteiger partial charge in [-0.25, -0.2) is 8.42 Å². The summed E-state index contributed by atoms with van der Waals surface area (Å²) in [4.78, 5) is 11.9. The number of hydrogen-bond donors (Lipinski definition) is 1. The van der Waals surface area contributed by atoms with E-state index in [-0.39, 0.29) is 18.5 Å². The molecular formula is C13H19BrN2O3S. The van der Waals surface area contributed by atoms with Crippen molar-refractivity contribution in [1.29, 1.82) is 0 Å². The molecule has 0 aromatic heterocycles. The van der Waals surface area contributed by atoms with Crippen molar-refractivity contribution >= 4 is 37.5 Å². The average Bonchev–Trinajstić information content (AvgIpc) is 2.36. The number of halogens is 1. The van der Waals surface area contributed by atoms with Crippen LogP contribution in [0.3, 0.4) is 0 Å². The minimum atomic E-state index is -3.41. The fourth-order valence-electron chi connectivity index (χ4n) is 1.68. The largest absolute Gasteiger partial charge is 0.325 e. The van der Waals surface area contributed by atoms with Gasteiger partial charge < -0.3 is 5.32 Å². The van der Waals surface area contributed by atoms with Crippen molar-refractivity contribution in [2.75, 3.05) is 18.1 Å². The van der Waals surface area contributed by atoms with Gasteiger partial charge in [0, 0.05) is 16.2 Å². The van der Waals surface area contributed by atoms with Crippen LogP contribution in [0.5, 0.6) is 0 Å². The third-order valence-corrected chi connectivity index (χ3v) is 4.81. The Balaban J connectivity index is 2.74. The second-order valence-electron chi connectivity index (χ2n) is 4.62. The summed E-state index contributed by atoms with van der Waals surface area (Å²) in [6, 6.07) is 6.89. The van der Waals surface area contributed by atoms with E-state index < -0.39 is 10.0 Å². The van der Waals surface area contributed by atoms with Crippen LogP contribution in [0.25, 0.3) is 0 Å². The van der Waals surface area contributed by atoms with Crippen LogP contribution in [0, 0.1) is 0 Å². The van der Waals surface area contributed by atoms with Crippen LogP contribution < -0.4 is 5.32 Å². The molecule has 0 bridgehead atoms. The molecule has 0 spiro atoms. The summed E-state index contributed by atoms with van der Waals surface area (Å²) < 4.78 is 25.5. The van der Waals surface area contributed by atoms with Crippen molar-refractivity contribution in [2.24, 2.45) is 0 Å². The standard InChI is InChI=1S/C13H19BrN2O3S/c1-4-10(2)16(20(3,18)19)9-13(17)15-12-7-5-11(14)6-8-12/h5-8,10H,4,9H2,1-3H3,(H,15,17). The molecule has 1 N–H and O–H groups in total. The van der Waals surface area contributed by atoms with E-state index in [1.807, 2.05) is 6.92 Å². The van der Waals surface area contributed by atoms with E-state index in [0.717, 1.165) is 10.7 Å². The molecule has 1 amide bonds. The average molecular weight is 363 g/mol. The molecule has 7 heteroatoms. The molecular weight excluding hydrogens is 344 g/mol. The highest BCUT2D eigenvalue weighted by Crippen LogP contribution is 2.15. The summed E-state index contributed by atoms with van der Waals surface area (Å²) >= 11 is 3.31. The number of nitrogens with zero attached hydrogens (tertiary/aromatic N) is 1. The Kier molecular flexibility index (Phi) is 6.16. The Morgan fingerprint density at radius 2 is 1.90 bits per heavy atom. The SMILES string of the molecule is CCC(C)N(CC(=O)Nc1ccc(Br)cc1)S(C)(=O)=O. The Labute approximate surface area is 128 Å². The first-order valence-electron chi connectivity index (χ1n) is 6.26. The zero-order valence-corrected chi connectivity index (χ0v) is 14.2. The van der Waals surface area contributed by atoms with Crippen molar-refractivity contribution < 1.29 is 13.2 Å². The van der Waals surface area contributed by atoms with Crippen molar-refractivity contribution in [3.05, 3.63) is 28.7 Å². The summed E-state index contributed by atoms with van der Waals surface area (Å²) in [6.45, 7) is 3.49. The molecule has 0 aliphatic heterocycles. The van der Waals surface area contributed by atoms with Crippen LogP contribution >= 0.6 is 15.9 Å². The van der Waals surface area contributed by atoms with Crippen molar-refractivity contribution in [2.45, 2.75) is 26.3 Å². The number of rotatable bonds is 6. The molecule has 1 atom stereocenters. The third kappa shape index (κ3) is 5.22. The summed E-state index contributed by atoms with van der Waals surface area (Å²) in [5.41, 5.74) is 0.635. The molecule has 0 heterocycles. The molecule has 112 valence electrons. The fourth-order valence-corrected chi connectivity index (χ4v) is 3.10. The van der Waals surface area contributed by atoms with Crippen LogP contribution in [-0.2, 0) is 14.8 Å². The summed E-state index contributed by atoms with van der Waals surface area (Å²) in [5.74, 6) is -0.349. The van der Waals surface area contributed by atoms with E-state index in [2.05, 4.69) is 21.2 Å². The number of sulfonamides is 1. The van der Waals surface area contributed by atoms with E-state index in [1.54, 1.807) is 31.2 Å². The van der Waals surface area contributed by atoms with E-state index >= 15 is 0 Å². The number of carbonyl (C=O) groups is 1. The number of nitrogens with one attached hydrogen (secondary N) is 1. The lowest BCUT2D eigenvalue weighted by Crippen LogP contribution is -2.42. The lowest BCUT2D eigenvalue weighted by atomic mass is 10.2. The first-order valence-corrected chi connectivity index (χ1v) is 8.90. The summed E-state index contributed by atoms with van der Waals surface area (Å²) in [5, 5.41) is 2.68. The van der Waals surface area contributed by atoms with Gasteiger partial charge in [0.15, 0.2) is 0 Å². The van der Waals surface area contributed by atoms with Crippen molar-refractivity contribution in [1.82, 2.24) is 4.31 Å². The molecule has 20 heavy (non-hydrogen) atoms. The molecule has 1 aromatic carbocycles. The van der Waals surface area contributed by atoms with Crippen LogP contribution in [0.2, 0.25) is 0 Å². The number of benzene rings is 1. The number of carbonyl (C=O) groups excluding carboxylic acids is 1. The lowest BCUT2D eigenvalue weighted by molar-refractivity contribution is -0.116. The highest BCUT2D eigenvalue weighted by Gasteiger charge is 2.24. The Morgan fingerprint density at radius 3 is 2.35 bits per heavy atom. The molecule has 0 aliphatic carbocycles. The topological polar surface area (TPSA) is 66.5 Å². The number of hydrogen-bond acceptors (Lipinski definition) is 3. The minimum absolute atomic E-state index is 0.177. The predicted molar refractivity (Wildman–Crippen MR) is 84.1 cm³/mol. The van der Waals surface area contributed by atoms with Gasteiger partial charge in [-0.15, -0.1) is 0 Å². The monoisotopic (exact) mass is 362 g/mol. The van der Waals surface area contributed by atoms with Gasteiger partial charge in [-0.3, -0.25) is 4.79 Å². The zero-order chi connectivity index (χ0) is 15.3. The normalized spacial score (nSPS) is 13.2. The van der Waals surface area contributed by atoms with Gasteiger partial charge in [0.1, 0.15) is 0 Å². The smallest absolute Gasteiger partial charge is 0.239 e. The number of anilines is 1. The quantitative estimate of drug-likeness (QED) is 0.844. The van der Waals surface area contributed by atoms with Crippen LogP contribution in [0.4, 0.5) is 5.69 Å². The highest BCUT2D eigenvalue weighted by molar-refractivity contribution is 9.10. The van der Waals surface area contributed by atoms with Crippen LogP contribution in [0.15, 0.2) is 28.7 Å². The molecule has 0 radical (unpaired) electrons. The second-order valence-corrected chi connectivity index (χ2v) is 7.47. The van der Waals surface area contributed by atoms with Gasteiger partial charge >= 0.3 is 0 Å². The van der Waals surface area contributed by atoms with Gasteiger partial charge in [-0.1, -0.05) is 22.9 Å². The lowest BCUT2D eigenvalue weighted by Gasteiger charge is -2.25. The molecule has 0 saturated heterocycles. The Morgan fingerprint density at radius 1 is 1.35 bits per heavy atom. The summed E-state index contributed by atoms with van der Waals surface area (Å²) in [6.07, 6.45) is 1.77. The fraction of sp³-hybridized carbons (Fsp3) is 0.462. The van der Waals surface area contributed by atoms with Crippen LogP contribution in [-0.4, -0.2) is 37.5 Å². The van der Waals surface area contributed by atoms with Gasteiger partial charge in [0.2, 0.25) is 15.9 Å². The van der Waals surface area contributed by atoms with E-state index in [0.29, 0.717) is 12.1 Å². The predicted octanol–water partition coefficient (Wildman–Crippen LogP) is 2.45. The van der Waals surface area contributed by atoms with Gasteiger partial charge in [0.25, 0.3) is 0 Å². The van der Waals surface area contributed by atoms with Crippen molar-refractivity contribution in [3.63, 3.8) is 0 Å². The van der Waals surface area contributed by atoms with Gasteiger partial charge in [-0.2, -0.15) is 4.31 Å². The third-order valence-electron chi connectivity index (χ3n) is 2.94. The first-order chi connectivity index (χ1) is 9.24. The van der Waals surface area contributed by atoms with Gasteiger partial charge in [0.05, 0.1) is 12.8 Å². The molecule has 1 unspecified atom stereocenters. The maximum Gasteiger partial charge on any atom is 0.239 e. The Hall–Kier alpha value is -0.920. The van der Waals surface area contributed by atoms with Crippen molar-refractivity contribution in [3.8, 4) is 0 Å². The molecule has 0 saturated carbocycles. The molecule has 5 nitrogen and oxygen atoms in total. The molecule has 1 aromatic rings. The summed E-state index contributed by atoms with van der Waals surface area (Å²) in [7, 11) is -3.41.